The van der Waals surface area contributed by atoms with Gasteiger partial charge in [-0.1, -0.05) is 23.9 Å². The SMILES string of the molecule is Cc1cccc(Oc2c(C(F)(F)F)oc3c(C[NH+](C)C)c([O-])ccc3c2=O)c1. The Morgan fingerprint density at radius 3 is 2.50 bits per heavy atom. The number of rotatable bonds is 4. The molecule has 28 heavy (non-hydrogen) atoms. The van der Waals surface area contributed by atoms with Gasteiger partial charge in [0.15, 0.2) is 0 Å². The number of hydrogen-bond acceptors (Lipinski definition) is 4. The zero-order chi connectivity index (χ0) is 20.6. The lowest BCUT2D eigenvalue weighted by Gasteiger charge is -2.19. The summed E-state index contributed by atoms with van der Waals surface area (Å²) in [6, 6.07) is 8.61. The van der Waals surface area contributed by atoms with Gasteiger partial charge in [0, 0.05) is 5.56 Å². The summed E-state index contributed by atoms with van der Waals surface area (Å²) < 4.78 is 51.3. The zero-order valence-electron chi connectivity index (χ0n) is 15.4. The van der Waals surface area contributed by atoms with Gasteiger partial charge < -0.3 is 19.2 Å². The van der Waals surface area contributed by atoms with Crippen molar-refractivity contribution in [2.24, 2.45) is 0 Å². The Labute approximate surface area is 158 Å². The number of halogens is 3. The predicted molar refractivity (Wildman–Crippen MR) is 94.7 cm³/mol. The first-order valence-electron chi connectivity index (χ1n) is 8.48. The normalized spacial score (nSPS) is 12.0. The second kappa shape index (κ2) is 7.20. The average Bonchev–Trinajstić information content (AvgIpc) is 2.58. The number of hydrogen-bond donors (Lipinski definition) is 1. The summed E-state index contributed by atoms with van der Waals surface area (Å²) in [5.74, 6) is -2.92. The highest BCUT2D eigenvalue weighted by Crippen LogP contribution is 2.39. The third-order valence-corrected chi connectivity index (χ3v) is 4.08. The van der Waals surface area contributed by atoms with Gasteiger partial charge in [-0.3, -0.25) is 4.79 Å². The Kier molecular flexibility index (Phi) is 5.08. The highest BCUT2D eigenvalue weighted by atomic mass is 19.4. The summed E-state index contributed by atoms with van der Waals surface area (Å²) in [7, 11) is 3.46. The molecule has 0 atom stereocenters. The number of fused-ring (bicyclic) bond motifs is 1. The lowest BCUT2D eigenvalue weighted by molar-refractivity contribution is -0.872. The molecule has 1 heterocycles. The van der Waals surface area contributed by atoms with Crippen molar-refractivity contribution in [1.29, 1.82) is 0 Å². The monoisotopic (exact) mass is 393 g/mol. The molecule has 0 saturated heterocycles. The lowest BCUT2D eigenvalue weighted by Crippen LogP contribution is -3.04. The predicted octanol–water partition coefficient (Wildman–Crippen LogP) is 2.63. The Morgan fingerprint density at radius 1 is 1.18 bits per heavy atom. The molecule has 0 aliphatic rings. The first-order valence-corrected chi connectivity index (χ1v) is 8.48. The molecular formula is C20H18F3NO4. The van der Waals surface area contributed by atoms with Gasteiger partial charge in [-0.05, 0) is 30.7 Å². The molecule has 0 unspecified atom stereocenters. The number of quaternary nitrogens is 1. The summed E-state index contributed by atoms with van der Waals surface area (Å²) >= 11 is 0. The van der Waals surface area contributed by atoms with E-state index in [4.69, 9.17) is 9.15 Å². The van der Waals surface area contributed by atoms with Crippen LogP contribution in [0.1, 0.15) is 16.9 Å². The highest BCUT2D eigenvalue weighted by molar-refractivity contribution is 5.83. The van der Waals surface area contributed by atoms with Gasteiger partial charge in [0.05, 0.1) is 19.5 Å². The van der Waals surface area contributed by atoms with E-state index < -0.39 is 28.9 Å². The van der Waals surface area contributed by atoms with Crippen LogP contribution < -0.4 is 20.2 Å². The quantitative estimate of drug-likeness (QED) is 0.740. The van der Waals surface area contributed by atoms with Crippen molar-refractivity contribution in [3.8, 4) is 17.2 Å². The van der Waals surface area contributed by atoms with Gasteiger partial charge in [0.2, 0.25) is 11.2 Å². The van der Waals surface area contributed by atoms with Crippen molar-refractivity contribution < 1.29 is 32.3 Å². The molecule has 3 aromatic rings. The summed E-state index contributed by atoms with van der Waals surface area (Å²) in [6.45, 7) is 1.85. The van der Waals surface area contributed by atoms with Crippen molar-refractivity contribution >= 4 is 11.0 Å². The third kappa shape index (κ3) is 3.82. The highest BCUT2D eigenvalue weighted by Gasteiger charge is 2.41. The van der Waals surface area contributed by atoms with Gasteiger partial charge in [-0.15, -0.1) is 0 Å². The molecule has 1 N–H and O–H groups in total. The second-order valence-corrected chi connectivity index (χ2v) is 6.81. The molecule has 2 aromatic carbocycles. The molecule has 8 heteroatoms. The number of nitrogens with one attached hydrogen (secondary N) is 1. The van der Waals surface area contributed by atoms with Crippen molar-refractivity contribution in [3.05, 3.63) is 63.5 Å². The van der Waals surface area contributed by atoms with Gasteiger partial charge >= 0.3 is 6.18 Å². The maximum absolute atomic E-state index is 13.6. The molecule has 3 rings (SSSR count). The van der Waals surface area contributed by atoms with Crippen molar-refractivity contribution in [1.82, 2.24) is 0 Å². The van der Waals surface area contributed by atoms with Crippen LogP contribution in [0.4, 0.5) is 13.2 Å². The Balaban J connectivity index is 2.30. The minimum absolute atomic E-state index is 0.0159. The van der Waals surface area contributed by atoms with Crippen molar-refractivity contribution in [2.45, 2.75) is 19.6 Å². The van der Waals surface area contributed by atoms with E-state index in [1.165, 1.54) is 18.2 Å². The topological polar surface area (TPSA) is 66.9 Å². The lowest BCUT2D eigenvalue weighted by atomic mass is 10.1. The number of benzene rings is 2. The summed E-state index contributed by atoms with van der Waals surface area (Å²) in [5.41, 5.74) is -0.571. The summed E-state index contributed by atoms with van der Waals surface area (Å²) in [6.07, 6.45) is -4.98. The van der Waals surface area contributed by atoms with Crippen LogP contribution in [0.25, 0.3) is 11.0 Å². The van der Waals surface area contributed by atoms with Crippen LogP contribution in [0.3, 0.4) is 0 Å². The van der Waals surface area contributed by atoms with E-state index in [-0.39, 0.29) is 28.8 Å². The fraction of sp³-hybridized carbons (Fsp3) is 0.250. The van der Waals surface area contributed by atoms with E-state index in [9.17, 15) is 23.1 Å². The van der Waals surface area contributed by atoms with Crippen molar-refractivity contribution in [2.75, 3.05) is 14.1 Å². The third-order valence-electron chi connectivity index (χ3n) is 4.08. The Hall–Kier alpha value is -3.00. The van der Waals surface area contributed by atoms with Crippen LogP contribution in [0.5, 0.6) is 17.2 Å². The molecule has 0 radical (unpaired) electrons. The van der Waals surface area contributed by atoms with E-state index in [2.05, 4.69) is 0 Å². The molecule has 0 aliphatic carbocycles. The first-order chi connectivity index (χ1) is 13.1. The number of aryl methyl sites for hydroxylation is 1. The van der Waals surface area contributed by atoms with Crippen LogP contribution in [0.2, 0.25) is 0 Å². The zero-order valence-corrected chi connectivity index (χ0v) is 15.4. The van der Waals surface area contributed by atoms with E-state index >= 15 is 0 Å². The fourth-order valence-corrected chi connectivity index (χ4v) is 2.88. The Morgan fingerprint density at radius 2 is 1.89 bits per heavy atom. The molecule has 0 saturated carbocycles. The van der Waals surface area contributed by atoms with Crippen LogP contribution >= 0.6 is 0 Å². The summed E-state index contributed by atoms with van der Waals surface area (Å²) in [4.78, 5) is 13.6. The standard InChI is InChI=1S/C20H18F3NO4/c1-11-5-4-6-12(9-11)27-18-16(26)13-7-8-15(25)14(10-24(2)3)17(13)28-19(18)20(21,22)23/h4-9,25H,10H2,1-3H3. The molecule has 0 aliphatic heterocycles. The van der Waals surface area contributed by atoms with Crippen LogP contribution in [-0.2, 0) is 12.7 Å². The molecule has 0 amide bonds. The van der Waals surface area contributed by atoms with E-state index in [1.807, 2.05) is 0 Å². The maximum atomic E-state index is 13.6. The second-order valence-electron chi connectivity index (χ2n) is 6.81. The first kappa shape index (κ1) is 19.8. The van der Waals surface area contributed by atoms with Crippen LogP contribution in [0.15, 0.2) is 45.6 Å². The molecule has 148 valence electrons. The van der Waals surface area contributed by atoms with E-state index in [1.54, 1.807) is 33.2 Å². The molecule has 0 fully saturated rings. The molecule has 5 nitrogen and oxygen atoms in total. The minimum atomic E-state index is -4.98. The van der Waals surface area contributed by atoms with E-state index in [0.29, 0.717) is 0 Å². The summed E-state index contributed by atoms with van der Waals surface area (Å²) in [5, 5.41) is 12.0. The smallest absolute Gasteiger partial charge is 0.453 e. The minimum Gasteiger partial charge on any atom is -0.872 e. The fourth-order valence-electron chi connectivity index (χ4n) is 2.88. The van der Waals surface area contributed by atoms with Gasteiger partial charge in [0.1, 0.15) is 17.9 Å². The molecule has 1 aromatic heterocycles. The van der Waals surface area contributed by atoms with Gasteiger partial charge in [0.25, 0.3) is 5.76 Å². The number of ether oxygens (including phenoxy) is 1. The van der Waals surface area contributed by atoms with Crippen LogP contribution in [-0.4, -0.2) is 14.1 Å². The Bertz CT molecular complexity index is 1090. The largest absolute Gasteiger partial charge is 0.872 e. The molecule has 0 spiro atoms. The van der Waals surface area contributed by atoms with Gasteiger partial charge in [-0.2, -0.15) is 13.2 Å². The van der Waals surface area contributed by atoms with E-state index in [0.717, 1.165) is 16.5 Å². The van der Waals surface area contributed by atoms with Crippen molar-refractivity contribution in [3.63, 3.8) is 0 Å². The van der Waals surface area contributed by atoms with Gasteiger partial charge in [-0.25, -0.2) is 0 Å². The van der Waals surface area contributed by atoms with Crippen LogP contribution in [0, 0.1) is 6.92 Å². The molecular weight excluding hydrogens is 375 g/mol. The molecule has 0 bridgehead atoms. The average molecular weight is 393 g/mol. The number of alkyl halides is 3. The maximum Gasteiger partial charge on any atom is 0.453 e.